The van der Waals surface area contributed by atoms with E-state index in [1.54, 1.807) is 10.9 Å². The summed E-state index contributed by atoms with van der Waals surface area (Å²) in [5.74, 6) is 0.761. The highest BCUT2D eigenvalue weighted by Gasteiger charge is 2.30. The van der Waals surface area contributed by atoms with Crippen molar-refractivity contribution < 1.29 is 4.79 Å². The number of aryl methyl sites for hydroxylation is 1. The minimum atomic E-state index is -0.247. The van der Waals surface area contributed by atoms with Crippen molar-refractivity contribution in [3.63, 3.8) is 0 Å². The van der Waals surface area contributed by atoms with E-state index in [9.17, 15) is 4.79 Å². The molecule has 0 aliphatic heterocycles. The van der Waals surface area contributed by atoms with E-state index in [4.69, 9.17) is 0 Å². The Balaban J connectivity index is 1.78. The van der Waals surface area contributed by atoms with Gasteiger partial charge >= 0.3 is 0 Å². The third kappa shape index (κ3) is 3.11. The fourth-order valence-corrected chi connectivity index (χ4v) is 2.60. The Morgan fingerprint density at radius 3 is 2.74 bits per heavy atom. The first-order valence-corrected chi connectivity index (χ1v) is 8.17. The van der Waals surface area contributed by atoms with Gasteiger partial charge in [-0.3, -0.25) is 9.48 Å². The molecule has 2 aromatic heterocycles. The number of aromatic nitrogens is 6. The molecular weight excluding hydrogens is 294 g/mol. The van der Waals surface area contributed by atoms with Crippen LogP contribution in [0.4, 0.5) is 0 Å². The van der Waals surface area contributed by atoms with Crippen LogP contribution in [0, 0.1) is 0 Å². The van der Waals surface area contributed by atoms with Gasteiger partial charge in [0.1, 0.15) is 0 Å². The molecule has 0 unspecified atom stereocenters. The van der Waals surface area contributed by atoms with E-state index in [1.807, 2.05) is 32.4 Å². The van der Waals surface area contributed by atoms with Crippen molar-refractivity contribution in [2.24, 2.45) is 0 Å². The maximum atomic E-state index is 12.7. The third-order valence-corrected chi connectivity index (χ3v) is 4.05. The first kappa shape index (κ1) is 15.6. The Kier molecular flexibility index (Phi) is 4.14. The van der Waals surface area contributed by atoms with Gasteiger partial charge in [0.2, 0.25) is 0 Å². The average Bonchev–Trinajstić information content (AvgIpc) is 3.08. The molecule has 1 saturated carbocycles. The van der Waals surface area contributed by atoms with Crippen LogP contribution in [-0.4, -0.2) is 35.9 Å². The molecule has 1 aliphatic carbocycles. The topological polar surface area (TPSA) is 90.5 Å². The number of hydrogen-bond acceptors (Lipinski definition) is 5. The lowest BCUT2D eigenvalue weighted by Gasteiger charge is -2.13. The largest absolute Gasteiger partial charge is 0.342 e. The summed E-state index contributed by atoms with van der Waals surface area (Å²) in [5, 5.41) is 19.3. The van der Waals surface area contributed by atoms with Crippen LogP contribution in [0.2, 0.25) is 0 Å². The van der Waals surface area contributed by atoms with Crippen LogP contribution in [0.5, 0.6) is 0 Å². The Morgan fingerprint density at radius 1 is 1.39 bits per heavy atom. The Morgan fingerprint density at radius 2 is 2.13 bits per heavy atom. The Labute approximate surface area is 135 Å². The number of nitrogens with zero attached hydrogens (tertiary/aromatic N) is 6. The fourth-order valence-electron chi connectivity index (χ4n) is 2.60. The highest BCUT2D eigenvalue weighted by Crippen LogP contribution is 2.35. The Bertz CT molecular complexity index is 698. The van der Waals surface area contributed by atoms with E-state index in [0.717, 1.165) is 25.1 Å². The monoisotopic (exact) mass is 317 g/mol. The smallest absolute Gasteiger partial charge is 0.255 e. The predicted octanol–water partition coefficient (Wildman–Crippen LogP) is 1.84. The third-order valence-electron chi connectivity index (χ3n) is 4.05. The van der Waals surface area contributed by atoms with Gasteiger partial charge in [0, 0.05) is 12.7 Å². The van der Waals surface area contributed by atoms with Crippen molar-refractivity contribution in [2.45, 2.75) is 65.1 Å². The number of amides is 1. The van der Waals surface area contributed by atoms with Gasteiger partial charge in [-0.05, 0) is 43.0 Å². The van der Waals surface area contributed by atoms with E-state index in [2.05, 4.69) is 25.9 Å². The predicted molar refractivity (Wildman–Crippen MR) is 84.0 cm³/mol. The number of hydrogen-bond donors (Lipinski definition) is 1. The summed E-state index contributed by atoms with van der Waals surface area (Å²) in [5.41, 5.74) is 1.44. The van der Waals surface area contributed by atoms with Gasteiger partial charge in [-0.1, -0.05) is 13.8 Å². The summed E-state index contributed by atoms with van der Waals surface area (Å²) in [7, 11) is 0. The van der Waals surface area contributed by atoms with Gasteiger partial charge in [-0.15, -0.1) is 5.10 Å². The standard InChI is InChI=1S/C15H23N7O/c1-5-21-8-12(13(18-21)9(2)3)15(23)16-10(4)14-17-19-20-22(14)11-6-7-11/h8-11H,5-7H2,1-4H3,(H,16,23)/t10-/m1/s1. The van der Waals surface area contributed by atoms with Crippen molar-refractivity contribution in [2.75, 3.05) is 0 Å². The van der Waals surface area contributed by atoms with Crippen LogP contribution >= 0.6 is 0 Å². The second-order valence-electron chi connectivity index (χ2n) is 6.35. The minimum Gasteiger partial charge on any atom is -0.342 e. The zero-order valence-corrected chi connectivity index (χ0v) is 14.0. The molecule has 2 aromatic rings. The molecular formula is C15H23N7O. The SMILES string of the molecule is CCn1cc(C(=O)N[C@H](C)c2nnnn2C2CC2)c(C(C)C)n1. The summed E-state index contributed by atoms with van der Waals surface area (Å²) in [6.07, 6.45) is 4.00. The first-order valence-electron chi connectivity index (χ1n) is 8.17. The molecule has 3 rings (SSSR count). The maximum absolute atomic E-state index is 12.7. The number of nitrogens with one attached hydrogen (secondary N) is 1. The average molecular weight is 317 g/mol. The van der Waals surface area contributed by atoms with Crippen LogP contribution in [0.15, 0.2) is 6.20 Å². The normalized spacial score (nSPS) is 15.9. The molecule has 8 heteroatoms. The molecule has 8 nitrogen and oxygen atoms in total. The number of carbonyl (C=O) groups excluding carboxylic acids is 1. The maximum Gasteiger partial charge on any atom is 0.255 e. The van der Waals surface area contributed by atoms with E-state index in [-0.39, 0.29) is 17.9 Å². The number of tetrazole rings is 1. The van der Waals surface area contributed by atoms with E-state index in [1.165, 1.54) is 0 Å². The van der Waals surface area contributed by atoms with Crippen LogP contribution < -0.4 is 5.32 Å². The summed E-state index contributed by atoms with van der Waals surface area (Å²) in [6, 6.07) is 0.136. The quantitative estimate of drug-likeness (QED) is 0.878. The lowest BCUT2D eigenvalue weighted by Crippen LogP contribution is -2.29. The summed E-state index contributed by atoms with van der Waals surface area (Å²) in [6.45, 7) is 8.72. The van der Waals surface area contributed by atoms with Crippen molar-refractivity contribution in [3.8, 4) is 0 Å². The minimum absolute atomic E-state index is 0.133. The highest BCUT2D eigenvalue weighted by atomic mass is 16.1. The zero-order valence-electron chi connectivity index (χ0n) is 14.0. The number of carbonyl (C=O) groups is 1. The lowest BCUT2D eigenvalue weighted by molar-refractivity contribution is 0.0936. The van der Waals surface area contributed by atoms with E-state index < -0.39 is 0 Å². The van der Waals surface area contributed by atoms with Crippen molar-refractivity contribution in [3.05, 3.63) is 23.3 Å². The molecule has 1 amide bonds. The fraction of sp³-hybridized carbons (Fsp3) is 0.667. The summed E-state index contributed by atoms with van der Waals surface area (Å²) in [4.78, 5) is 12.7. The van der Waals surface area contributed by atoms with Gasteiger partial charge in [0.25, 0.3) is 5.91 Å². The Hall–Kier alpha value is -2.25. The second-order valence-corrected chi connectivity index (χ2v) is 6.35. The molecule has 2 heterocycles. The van der Waals surface area contributed by atoms with Gasteiger partial charge in [-0.25, -0.2) is 4.68 Å². The molecule has 0 aromatic carbocycles. The highest BCUT2D eigenvalue weighted by molar-refractivity contribution is 5.95. The van der Waals surface area contributed by atoms with Gasteiger partial charge in [0.05, 0.1) is 23.3 Å². The van der Waals surface area contributed by atoms with Crippen LogP contribution in [0.1, 0.15) is 80.4 Å². The molecule has 1 aliphatic rings. The molecule has 124 valence electrons. The molecule has 1 fully saturated rings. The van der Waals surface area contributed by atoms with E-state index in [0.29, 0.717) is 17.4 Å². The van der Waals surface area contributed by atoms with Crippen LogP contribution in [0.3, 0.4) is 0 Å². The molecule has 0 radical (unpaired) electrons. The summed E-state index contributed by atoms with van der Waals surface area (Å²) >= 11 is 0. The number of rotatable bonds is 6. The lowest BCUT2D eigenvalue weighted by atomic mass is 10.1. The zero-order chi connectivity index (χ0) is 16.6. The van der Waals surface area contributed by atoms with Gasteiger partial charge in [0.15, 0.2) is 5.82 Å². The molecule has 0 bridgehead atoms. The molecule has 1 N–H and O–H groups in total. The molecule has 1 atom stereocenters. The van der Waals surface area contributed by atoms with Crippen molar-refractivity contribution in [1.29, 1.82) is 0 Å². The van der Waals surface area contributed by atoms with Crippen LogP contribution in [-0.2, 0) is 6.54 Å². The van der Waals surface area contributed by atoms with Crippen LogP contribution in [0.25, 0.3) is 0 Å². The van der Waals surface area contributed by atoms with Crippen molar-refractivity contribution >= 4 is 5.91 Å². The van der Waals surface area contributed by atoms with Gasteiger partial charge < -0.3 is 5.32 Å². The molecule has 23 heavy (non-hydrogen) atoms. The first-order chi connectivity index (χ1) is 11.0. The molecule has 0 spiro atoms. The summed E-state index contributed by atoms with van der Waals surface area (Å²) < 4.78 is 3.62. The second kappa shape index (κ2) is 6.10. The van der Waals surface area contributed by atoms with Crippen molar-refractivity contribution in [1.82, 2.24) is 35.3 Å². The molecule has 0 saturated heterocycles. The van der Waals surface area contributed by atoms with E-state index >= 15 is 0 Å². The van der Waals surface area contributed by atoms with Gasteiger partial charge in [-0.2, -0.15) is 5.10 Å².